The standard InChI is InChI=1S/C19H21N3O7S/c1-10(23)29-8-12-9-30-18-19(28-2,17(27)22(18)14(12)16(25)26)21-15(24)13(20)11-6-4-3-5-7-11/h3-7,13,18H,8-9,20H2,1-2H3,(H,21,24)(H,25,26)/t13?,18-,19?/m1/s1. The second-order valence-electron chi connectivity index (χ2n) is 6.69. The van der Waals surface area contributed by atoms with Crippen LogP contribution in [0.4, 0.5) is 0 Å². The molecule has 1 fully saturated rings. The Bertz CT molecular complexity index is 920. The molecule has 2 heterocycles. The van der Waals surface area contributed by atoms with E-state index >= 15 is 0 Å². The van der Waals surface area contributed by atoms with Gasteiger partial charge in [-0.1, -0.05) is 30.3 Å². The van der Waals surface area contributed by atoms with E-state index in [1.54, 1.807) is 30.3 Å². The fourth-order valence-corrected chi connectivity index (χ4v) is 4.74. The van der Waals surface area contributed by atoms with E-state index in [-0.39, 0.29) is 23.6 Å². The Hall–Kier alpha value is -2.89. The molecule has 1 aromatic carbocycles. The molecule has 1 saturated heterocycles. The number of nitrogens with one attached hydrogen (secondary N) is 1. The van der Waals surface area contributed by atoms with Crippen LogP contribution in [0.25, 0.3) is 0 Å². The normalized spacial score (nSPS) is 23.9. The van der Waals surface area contributed by atoms with Gasteiger partial charge in [-0.15, -0.1) is 11.8 Å². The molecule has 2 amide bonds. The summed E-state index contributed by atoms with van der Waals surface area (Å²) in [7, 11) is 1.25. The predicted molar refractivity (Wildman–Crippen MR) is 106 cm³/mol. The van der Waals surface area contributed by atoms with Crippen LogP contribution in [0.15, 0.2) is 41.6 Å². The fraction of sp³-hybridized carbons (Fsp3) is 0.368. The van der Waals surface area contributed by atoms with Gasteiger partial charge in [0.25, 0.3) is 11.6 Å². The van der Waals surface area contributed by atoms with Crippen molar-refractivity contribution >= 4 is 35.5 Å². The minimum Gasteiger partial charge on any atom is -0.477 e. The first kappa shape index (κ1) is 21.8. The summed E-state index contributed by atoms with van der Waals surface area (Å²) in [5.74, 6) is -3.11. The summed E-state index contributed by atoms with van der Waals surface area (Å²) in [5, 5.41) is 11.4. The lowest BCUT2D eigenvalue weighted by atomic mass is 9.97. The van der Waals surface area contributed by atoms with Crippen LogP contribution in [0.3, 0.4) is 0 Å². The lowest BCUT2D eigenvalue weighted by Gasteiger charge is -2.55. The number of benzene rings is 1. The first-order chi connectivity index (χ1) is 14.2. The van der Waals surface area contributed by atoms with Crippen LogP contribution >= 0.6 is 11.8 Å². The van der Waals surface area contributed by atoms with Crippen molar-refractivity contribution < 1.29 is 33.8 Å². The van der Waals surface area contributed by atoms with Gasteiger partial charge in [0.2, 0.25) is 5.91 Å². The summed E-state index contributed by atoms with van der Waals surface area (Å²) in [6, 6.07) is 7.57. The summed E-state index contributed by atoms with van der Waals surface area (Å²) in [6.45, 7) is 0.960. The van der Waals surface area contributed by atoms with Gasteiger partial charge in [-0.25, -0.2) is 4.79 Å². The molecule has 3 rings (SSSR count). The summed E-state index contributed by atoms with van der Waals surface area (Å²) in [6.07, 6.45) is 0. The molecule has 0 spiro atoms. The Morgan fingerprint density at radius 1 is 1.37 bits per heavy atom. The molecule has 0 aliphatic carbocycles. The zero-order valence-corrected chi connectivity index (χ0v) is 17.1. The van der Waals surface area contributed by atoms with Crippen molar-refractivity contribution in [3.05, 3.63) is 47.2 Å². The molecule has 30 heavy (non-hydrogen) atoms. The number of fused-ring (bicyclic) bond motifs is 1. The third-order valence-corrected chi connectivity index (χ3v) is 6.21. The number of hydrogen-bond acceptors (Lipinski definition) is 8. The number of β-lactam (4-membered cyclic amide) rings is 1. The number of carbonyl (C=O) groups excluding carboxylic acids is 3. The Morgan fingerprint density at radius 2 is 2.03 bits per heavy atom. The summed E-state index contributed by atoms with van der Waals surface area (Å²) in [4.78, 5) is 49.6. The first-order valence-corrected chi connectivity index (χ1v) is 9.99. The summed E-state index contributed by atoms with van der Waals surface area (Å²) in [5.41, 5.74) is 4.81. The Morgan fingerprint density at radius 3 is 2.60 bits per heavy atom. The maximum Gasteiger partial charge on any atom is 0.352 e. The average molecular weight is 435 g/mol. The first-order valence-electron chi connectivity index (χ1n) is 8.94. The molecule has 0 bridgehead atoms. The molecule has 4 N–H and O–H groups in total. The van der Waals surface area contributed by atoms with Crippen molar-refractivity contribution in [3.63, 3.8) is 0 Å². The van der Waals surface area contributed by atoms with E-state index < -0.39 is 40.9 Å². The van der Waals surface area contributed by atoms with Crippen LogP contribution in [-0.4, -0.2) is 64.3 Å². The van der Waals surface area contributed by atoms with Crippen LogP contribution in [0.2, 0.25) is 0 Å². The van der Waals surface area contributed by atoms with Gasteiger partial charge in [0.1, 0.15) is 23.7 Å². The highest BCUT2D eigenvalue weighted by Crippen LogP contribution is 2.46. The van der Waals surface area contributed by atoms with Crippen molar-refractivity contribution in [3.8, 4) is 0 Å². The van der Waals surface area contributed by atoms with Gasteiger partial charge in [0.05, 0.1) is 0 Å². The lowest BCUT2D eigenvalue weighted by molar-refractivity contribution is -0.192. The van der Waals surface area contributed by atoms with E-state index in [0.717, 1.165) is 4.90 Å². The molecule has 2 aliphatic rings. The van der Waals surface area contributed by atoms with E-state index in [9.17, 15) is 24.3 Å². The minimum atomic E-state index is -1.75. The number of amides is 2. The molecule has 10 nitrogen and oxygen atoms in total. The molecular weight excluding hydrogens is 414 g/mol. The highest BCUT2D eigenvalue weighted by molar-refractivity contribution is 8.00. The number of aliphatic carboxylic acids is 1. The summed E-state index contributed by atoms with van der Waals surface area (Å²) < 4.78 is 10.3. The SMILES string of the molecule is COC1(NC(=O)C(N)c2ccccc2)C(=O)N2C(C(=O)O)=C(COC(C)=O)CS[C@@H]21. The van der Waals surface area contributed by atoms with Crippen LogP contribution in [0.5, 0.6) is 0 Å². The number of methoxy groups -OCH3 is 1. The molecule has 0 radical (unpaired) electrons. The van der Waals surface area contributed by atoms with E-state index in [1.807, 2.05) is 0 Å². The van der Waals surface area contributed by atoms with Gasteiger partial charge in [-0.05, 0) is 5.56 Å². The minimum absolute atomic E-state index is 0.176. The quantitative estimate of drug-likeness (QED) is 0.305. The van der Waals surface area contributed by atoms with Crippen LogP contribution in [-0.2, 0) is 28.7 Å². The Labute approximate surface area is 176 Å². The number of ether oxygens (including phenoxy) is 2. The van der Waals surface area contributed by atoms with Crippen LogP contribution < -0.4 is 11.1 Å². The second-order valence-corrected chi connectivity index (χ2v) is 7.76. The number of nitrogens with zero attached hydrogens (tertiary/aromatic N) is 1. The molecule has 3 atom stereocenters. The van der Waals surface area contributed by atoms with Crippen molar-refractivity contribution in [2.24, 2.45) is 5.73 Å². The zero-order valence-electron chi connectivity index (χ0n) is 16.3. The number of esters is 1. The number of carboxylic acids is 1. The Balaban J connectivity index is 1.84. The fourth-order valence-electron chi connectivity index (χ4n) is 3.32. The molecule has 0 saturated carbocycles. The molecule has 11 heteroatoms. The van der Waals surface area contributed by atoms with Gasteiger partial charge >= 0.3 is 11.9 Å². The molecule has 1 aromatic rings. The average Bonchev–Trinajstić information content (AvgIpc) is 2.74. The number of rotatable bonds is 7. The van der Waals surface area contributed by atoms with Gasteiger partial charge in [0, 0.05) is 25.4 Å². The van der Waals surface area contributed by atoms with Crippen molar-refractivity contribution in [1.29, 1.82) is 0 Å². The molecule has 160 valence electrons. The summed E-state index contributed by atoms with van der Waals surface area (Å²) >= 11 is 1.19. The van der Waals surface area contributed by atoms with Crippen molar-refractivity contribution in [2.75, 3.05) is 19.5 Å². The third kappa shape index (κ3) is 3.66. The smallest absolute Gasteiger partial charge is 0.352 e. The highest BCUT2D eigenvalue weighted by Gasteiger charge is 2.66. The topological polar surface area (TPSA) is 148 Å². The van der Waals surface area contributed by atoms with Gasteiger partial charge in [-0.2, -0.15) is 0 Å². The van der Waals surface area contributed by atoms with Crippen LogP contribution in [0, 0.1) is 0 Å². The molecule has 0 aromatic heterocycles. The number of carboxylic acid groups (broad SMARTS) is 1. The number of nitrogens with two attached hydrogens (primary N) is 1. The number of carbonyl (C=O) groups is 4. The Kier molecular flexibility index (Phi) is 6.15. The van der Waals surface area contributed by atoms with Gasteiger partial charge < -0.3 is 25.6 Å². The van der Waals surface area contributed by atoms with Gasteiger partial charge in [-0.3, -0.25) is 19.3 Å². The molecule has 2 unspecified atom stereocenters. The maximum atomic E-state index is 13.0. The number of thioether (sulfide) groups is 1. The maximum absolute atomic E-state index is 13.0. The monoisotopic (exact) mass is 435 g/mol. The van der Waals surface area contributed by atoms with E-state index in [1.165, 1.54) is 25.8 Å². The lowest BCUT2D eigenvalue weighted by Crippen LogP contribution is -2.81. The van der Waals surface area contributed by atoms with Crippen LogP contribution in [0.1, 0.15) is 18.5 Å². The molecular formula is C19H21N3O7S. The van der Waals surface area contributed by atoms with E-state index in [2.05, 4.69) is 5.32 Å². The van der Waals surface area contributed by atoms with Crippen molar-refractivity contribution in [1.82, 2.24) is 10.2 Å². The number of hydrogen-bond donors (Lipinski definition) is 3. The van der Waals surface area contributed by atoms with E-state index in [0.29, 0.717) is 5.56 Å². The van der Waals surface area contributed by atoms with E-state index in [4.69, 9.17) is 15.2 Å². The predicted octanol–water partition coefficient (Wildman–Crippen LogP) is -0.0378. The largest absolute Gasteiger partial charge is 0.477 e. The second kappa shape index (κ2) is 8.46. The molecule has 2 aliphatic heterocycles. The third-order valence-electron chi connectivity index (χ3n) is 4.83. The van der Waals surface area contributed by atoms with Gasteiger partial charge in [0.15, 0.2) is 0 Å². The highest BCUT2D eigenvalue weighted by atomic mass is 32.2. The zero-order chi connectivity index (χ0) is 22.1. The van der Waals surface area contributed by atoms with Crippen molar-refractivity contribution in [2.45, 2.75) is 24.1 Å².